The molecule has 4 rings (SSSR count). The second-order valence-corrected chi connectivity index (χ2v) is 9.90. The van der Waals surface area contributed by atoms with Crippen molar-refractivity contribution in [2.45, 2.75) is 25.3 Å². The Morgan fingerprint density at radius 1 is 0.970 bits per heavy atom. The maximum Gasteiger partial charge on any atom is 0.253 e. The van der Waals surface area contributed by atoms with Gasteiger partial charge in [-0.3, -0.25) is 9.48 Å². The number of benzene rings is 2. The summed E-state index contributed by atoms with van der Waals surface area (Å²) in [5.41, 5.74) is 3.48. The van der Waals surface area contributed by atoms with Crippen molar-refractivity contribution in [1.29, 1.82) is 0 Å². The van der Waals surface area contributed by atoms with Crippen molar-refractivity contribution in [3.8, 4) is 0 Å². The van der Waals surface area contributed by atoms with E-state index in [0.29, 0.717) is 12.1 Å². The van der Waals surface area contributed by atoms with Crippen LogP contribution < -0.4 is 0 Å². The summed E-state index contributed by atoms with van der Waals surface area (Å²) in [7, 11) is -4.34. The lowest BCUT2D eigenvalue weighted by Crippen LogP contribution is -2.50. The van der Waals surface area contributed by atoms with Crippen molar-refractivity contribution < 1.29 is 22.0 Å². The summed E-state index contributed by atoms with van der Waals surface area (Å²) in [5, 5.41) is 4.44. The molecule has 1 saturated heterocycles. The van der Waals surface area contributed by atoms with Crippen LogP contribution >= 0.6 is 0 Å². The third-order valence-corrected chi connectivity index (χ3v) is 7.63. The first-order valence-electron chi connectivity index (χ1n) is 10.5. The van der Waals surface area contributed by atoms with Crippen molar-refractivity contribution in [2.75, 3.05) is 26.2 Å². The minimum Gasteiger partial charge on any atom is -0.336 e. The van der Waals surface area contributed by atoms with Crippen molar-refractivity contribution in [1.82, 2.24) is 19.0 Å². The highest BCUT2D eigenvalue weighted by Crippen LogP contribution is 2.24. The van der Waals surface area contributed by atoms with Crippen LogP contribution in [-0.2, 0) is 16.6 Å². The second kappa shape index (κ2) is 9.03. The van der Waals surface area contributed by atoms with Gasteiger partial charge in [-0.25, -0.2) is 17.2 Å². The van der Waals surface area contributed by atoms with E-state index in [1.54, 1.807) is 17.0 Å². The van der Waals surface area contributed by atoms with Crippen LogP contribution in [0.5, 0.6) is 0 Å². The maximum absolute atomic E-state index is 14.0. The van der Waals surface area contributed by atoms with E-state index in [2.05, 4.69) is 5.10 Å². The molecule has 1 amide bonds. The van der Waals surface area contributed by atoms with E-state index in [1.165, 1.54) is 0 Å². The molecule has 2 heterocycles. The smallest absolute Gasteiger partial charge is 0.253 e. The lowest BCUT2D eigenvalue weighted by molar-refractivity contribution is 0.0697. The third-order valence-electron chi connectivity index (χ3n) is 5.68. The highest BCUT2D eigenvalue weighted by Gasteiger charge is 2.34. The van der Waals surface area contributed by atoms with Gasteiger partial charge in [-0.05, 0) is 49.7 Å². The number of carbonyl (C=O) groups excluding carboxylic acids is 1. The summed E-state index contributed by atoms with van der Waals surface area (Å²) >= 11 is 0. The van der Waals surface area contributed by atoms with E-state index in [4.69, 9.17) is 0 Å². The fraction of sp³-hybridized carbons (Fsp3) is 0.304. The molecule has 10 heteroatoms. The molecular formula is C23H24F2N4O3S. The molecule has 33 heavy (non-hydrogen) atoms. The van der Waals surface area contributed by atoms with Gasteiger partial charge in [-0.2, -0.15) is 9.40 Å². The van der Waals surface area contributed by atoms with Crippen LogP contribution in [0.15, 0.2) is 53.4 Å². The van der Waals surface area contributed by atoms with Gasteiger partial charge in [0.2, 0.25) is 10.0 Å². The molecule has 0 atom stereocenters. The highest BCUT2D eigenvalue weighted by molar-refractivity contribution is 7.89. The number of aromatic nitrogens is 2. The molecule has 0 unspecified atom stereocenters. The van der Waals surface area contributed by atoms with E-state index >= 15 is 0 Å². The fourth-order valence-electron chi connectivity index (χ4n) is 3.93. The third kappa shape index (κ3) is 4.67. The van der Waals surface area contributed by atoms with Crippen molar-refractivity contribution in [3.63, 3.8) is 0 Å². The predicted molar refractivity (Wildman–Crippen MR) is 118 cm³/mol. The Bertz CT molecular complexity index is 1260. The summed E-state index contributed by atoms with van der Waals surface area (Å²) < 4.78 is 56.4. The summed E-state index contributed by atoms with van der Waals surface area (Å²) in [6.45, 7) is 4.68. The van der Waals surface area contributed by atoms with Gasteiger partial charge in [-0.15, -0.1) is 0 Å². The van der Waals surface area contributed by atoms with Gasteiger partial charge in [-0.1, -0.05) is 18.2 Å². The monoisotopic (exact) mass is 474 g/mol. The number of rotatable bonds is 5. The molecule has 1 fully saturated rings. The quantitative estimate of drug-likeness (QED) is 0.570. The molecule has 7 nitrogen and oxygen atoms in total. The Hall–Kier alpha value is -3.11. The molecule has 0 aliphatic carbocycles. The van der Waals surface area contributed by atoms with Gasteiger partial charge in [0, 0.05) is 37.4 Å². The zero-order valence-electron chi connectivity index (χ0n) is 18.3. The van der Waals surface area contributed by atoms with E-state index < -0.39 is 26.6 Å². The first-order valence-corrected chi connectivity index (χ1v) is 11.9. The van der Waals surface area contributed by atoms with Crippen LogP contribution in [0.4, 0.5) is 8.78 Å². The zero-order valence-corrected chi connectivity index (χ0v) is 19.1. The average Bonchev–Trinajstić information content (AvgIpc) is 3.10. The standard InChI is InChI=1S/C23H24F2N4O3S/c1-16-14-17(2)29(26-16)15-18-6-8-19(9-7-18)23(30)27-10-12-28(13-11-27)33(31,32)22-20(24)4-3-5-21(22)25/h3-9,14H,10-13,15H2,1-2H3. The second-order valence-electron chi connectivity index (χ2n) is 8.03. The molecule has 174 valence electrons. The molecule has 1 aromatic heterocycles. The largest absolute Gasteiger partial charge is 0.336 e. The highest BCUT2D eigenvalue weighted by atomic mass is 32.2. The van der Waals surface area contributed by atoms with Crippen molar-refractivity contribution >= 4 is 15.9 Å². The number of carbonyl (C=O) groups is 1. The molecule has 0 saturated carbocycles. The first kappa shape index (κ1) is 23.1. The van der Waals surface area contributed by atoms with Gasteiger partial charge in [0.1, 0.15) is 11.6 Å². The lowest BCUT2D eigenvalue weighted by atomic mass is 10.1. The average molecular weight is 475 g/mol. The number of hydrogen-bond donors (Lipinski definition) is 0. The maximum atomic E-state index is 14.0. The SMILES string of the molecule is Cc1cc(C)n(Cc2ccc(C(=O)N3CCN(S(=O)(=O)c4c(F)cccc4F)CC3)cc2)n1. The Balaban J connectivity index is 1.41. The Labute approximate surface area is 191 Å². The van der Waals surface area contributed by atoms with Gasteiger partial charge in [0.25, 0.3) is 5.91 Å². The number of sulfonamides is 1. The number of halogens is 2. The molecule has 3 aromatic rings. The van der Waals surface area contributed by atoms with Crippen molar-refractivity contribution in [3.05, 3.63) is 82.7 Å². The molecule has 1 aliphatic heterocycles. The first-order chi connectivity index (χ1) is 15.7. The minimum absolute atomic E-state index is 0.0438. The summed E-state index contributed by atoms with van der Waals surface area (Å²) in [5.74, 6) is -2.48. The number of hydrogen-bond acceptors (Lipinski definition) is 4. The summed E-state index contributed by atoms with van der Waals surface area (Å²) in [6.07, 6.45) is 0. The number of nitrogens with zero attached hydrogens (tertiary/aromatic N) is 4. The van der Waals surface area contributed by atoms with Crippen LogP contribution in [0, 0.1) is 25.5 Å². The van der Waals surface area contributed by atoms with Crippen LogP contribution in [-0.4, -0.2) is 59.5 Å². The van der Waals surface area contributed by atoms with Gasteiger partial charge < -0.3 is 4.90 Å². The van der Waals surface area contributed by atoms with Crippen LogP contribution in [0.3, 0.4) is 0 Å². The molecule has 1 aliphatic rings. The predicted octanol–water partition coefficient (Wildman–Crippen LogP) is 2.97. The van der Waals surface area contributed by atoms with E-state index in [1.807, 2.05) is 36.7 Å². The zero-order chi connectivity index (χ0) is 23.8. The van der Waals surface area contributed by atoms with E-state index in [0.717, 1.165) is 39.5 Å². The normalized spacial score (nSPS) is 15.1. The Morgan fingerprint density at radius 2 is 1.58 bits per heavy atom. The number of amides is 1. The fourth-order valence-corrected chi connectivity index (χ4v) is 5.46. The van der Waals surface area contributed by atoms with Gasteiger partial charge >= 0.3 is 0 Å². The molecule has 0 spiro atoms. The van der Waals surface area contributed by atoms with Gasteiger partial charge in [0.05, 0.1) is 12.2 Å². The number of aryl methyl sites for hydroxylation is 2. The topological polar surface area (TPSA) is 75.5 Å². The van der Waals surface area contributed by atoms with Crippen LogP contribution in [0.1, 0.15) is 27.3 Å². The summed E-state index contributed by atoms with van der Waals surface area (Å²) in [6, 6.07) is 12.1. The Morgan fingerprint density at radius 3 is 2.12 bits per heavy atom. The molecule has 2 aromatic carbocycles. The molecule has 0 bridgehead atoms. The van der Waals surface area contributed by atoms with Crippen LogP contribution in [0.25, 0.3) is 0 Å². The van der Waals surface area contributed by atoms with E-state index in [9.17, 15) is 22.0 Å². The van der Waals surface area contributed by atoms with E-state index in [-0.39, 0.29) is 32.1 Å². The Kier molecular flexibility index (Phi) is 6.31. The van der Waals surface area contributed by atoms with Crippen molar-refractivity contribution in [2.24, 2.45) is 0 Å². The minimum atomic E-state index is -4.34. The van der Waals surface area contributed by atoms with Gasteiger partial charge in [0.15, 0.2) is 4.90 Å². The lowest BCUT2D eigenvalue weighted by Gasteiger charge is -2.34. The summed E-state index contributed by atoms with van der Waals surface area (Å²) in [4.78, 5) is 13.5. The number of piperazine rings is 1. The molecule has 0 radical (unpaired) electrons. The molecule has 0 N–H and O–H groups in total. The molecular weight excluding hydrogens is 450 g/mol. The van der Waals surface area contributed by atoms with Crippen LogP contribution in [0.2, 0.25) is 0 Å².